The van der Waals surface area contributed by atoms with E-state index < -0.39 is 11.7 Å². The Hall–Kier alpha value is -3.65. The number of aromatic nitrogens is 2. The third kappa shape index (κ3) is 4.04. The Bertz CT molecular complexity index is 1190. The van der Waals surface area contributed by atoms with Crippen molar-refractivity contribution in [3.8, 4) is 28.9 Å². The van der Waals surface area contributed by atoms with E-state index in [1.807, 2.05) is 0 Å². The lowest BCUT2D eigenvalue weighted by molar-refractivity contribution is 0.102. The van der Waals surface area contributed by atoms with E-state index in [1.165, 1.54) is 30.5 Å². The largest absolute Gasteiger partial charge is 0.493 e. The van der Waals surface area contributed by atoms with Gasteiger partial charge in [-0.1, -0.05) is 11.6 Å². The number of hydrogen-bond donors (Lipinski definition) is 1. The lowest BCUT2D eigenvalue weighted by atomic mass is 10.1. The maximum Gasteiger partial charge on any atom is 0.283 e. The van der Waals surface area contributed by atoms with E-state index in [4.69, 9.17) is 25.2 Å². The molecule has 2 aromatic carbocycles. The molecule has 0 aliphatic carbocycles. The number of amides is 1. The van der Waals surface area contributed by atoms with Gasteiger partial charge in [-0.2, -0.15) is 0 Å². The zero-order valence-electron chi connectivity index (χ0n) is 15.7. The summed E-state index contributed by atoms with van der Waals surface area (Å²) < 4.78 is 30.6. The van der Waals surface area contributed by atoms with Gasteiger partial charge < -0.3 is 18.9 Å². The highest BCUT2D eigenvalue weighted by Gasteiger charge is 2.18. The highest BCUT2D eigenvalue weighted by Crippen LogP contribution is 2.29. The number of carbonyl (C=O) groups is 1. The minimum atomic E-state index is -0.627. The molecule has 1 amide bonds. The molecule has 0 fully saturated rings. The first kappa shape index (κ1) is 19.7. The number of carbonyl (C=O) groups excluding carboxylic acids is 1. The number of rotatable bonds is 6. The molecule has 2 heterocycles. The maximum atomic E-state index is 14.4. The Balaban J connectivity index is 1.62. The molecular formula is C21H15ClFN3O4. The molecule has 4 aromatic rings. The number of furan rings is 1. The van der Waals surface area contributed by atoms with Crippen LogP contribution in [0.25, 0.3) is 23.1 Å². The van der Waals surface area contributed by atoms with Crippen molar-refractivity contribution >= 4 is 23.2 Å². The van der Waals surface area contributed by atoms with Crippen LogP contribution in [0, 0.1) is 5.82 Å². The smallest absolute Gasteiger partial charge is 0.283 e. The second-order valence-electron chi connectivity index (χ2n) is 6.11. The zero-order chi connectivity index (χ0) is 21.1. The molecule has 1 N–H and O–H groups in total. The van der Waals surface area contributed by atoms with Crippen molar-refractivity contribution in [2.24, 2.45) is 0 Å². The summed E-state index contributed by atoms with van der Waals surface area (Å²) in [6.07, 6.45) is 1.48. The third-order valence-corrected chi connectivity index (χ3v) is 4.34. The van der Waals surface area contributed by atoms with Crippen LogP contribution in [0.3, 0.4) is 0 Å². The van der Waals surface area contributed by atoms with E-state index in [9.17, 15) is 9.18 Å². The Morgan fingerprint density at radius 2 is 2.00 bits per heavy atom. The SMILES string of the molecule is CCOc1ccc(Cl)cc1C(=O)Nc1cc(-c2nnc(-c3ccco3)o2)ccc1F. The minimum Gasteiger partial charge on any atom is -0.493 e. The number of hydrogen-bond acceptors (Lipinski definition) is 6. The molecule has 0 aliphatic heterocycles. The molecule has 0 saturated carbocycles. The molecule has 30 heavy (non-hydrogen) atoms. The Morgan fingerprint density at radius 3 is 2.77 bits per heavy atom. The number of anilines is 1. The highest BCUT2D eigenvalue weighted by molar-refractivity contribution is 6.31. The van der Waals surface area contributed by atoms with Crippen LogP contribution in [-0.4, -0.2) is 22.7 Å². The van der Waals surface area contributed by atoms with Gasteiger partial charge in [0, 0.05) is 10.6 Å². The second-order valence-corrected chi connectivity index (χ2v) is 6.55. The fourth-order valence-electron chi connectivity index (χ4n) is 2.74. The van der Waals surface area contributed by atoms with Crippen LogP contribution < -0.4 is 10.1 Å². The molecule has 0 spiro atoms. The van der Waals surface area contributed by atoms with Crippen LogP contribution in [0.15, 0.2) is 63.6 Å². The van der Waals surface area contributed by atoms with Crippen molar-refractivity contribution in [1.82, 2.24) is 10.2 Å². The van der Waals surface area contributed by atoms with Crippen LogP contribution in [-0.2, 0) is 0 Å². The summed E-state index contributed by atoms with van der Waals surface area (Å²) in [5.74, 6) is -0.110. The monoisotopic (exact) mass is 427 g/mol. The Morgan fingerprint density at radius 1 is 1.17 bits per heavy atom. The fourth-order valence-corrected chi connectivity index (χ4v) is 2.92. The number of nitrogens with zero attached hydrogens (tertiary/aromatic N) is 2. The van der Waals surface area contributed by atoms with E-state index in [2.05, 4.69) is 15.5 Å². The van der Waals surface area contributed by atoms with Gasteiger partial charge in [-0.15, -0.1) is 10.2 Å². The first-order valence-corrected chi connectivity index (χ1v) is 9.34. The average Bonchev–Trinajstić information content (AvgIpc) is 3.43. The maximum absolute atomic E-state index is 14.4. The van der Waals surface area contributed by atoms with Gasteiger partial charge in [0.1, 0.15) is 11.6 Å². The van der Waals surface area contributed by atoms with E-state index in [0.717, 1.165) is 0 Å². The van der Waals surface area contributed by atoms with Gasteiger partial charge in [-0.25, -0.2) is 4.39 Å². The third-order valence-electron chi connectivity index (χ3n) is 4.10. The topological polar surface area (TPSA) is 90.4 Å². The summed E-state index contributed by atoms with van der Waals surface area (Å²) in [6.45, 7) is 2.15. The van der Waals surface area contributed by atoms with E-state index >= 15 is 0 Å². The summed E-state index contributed by atoms with van der Waals surface area (Å²) >= 11 is 6.00. The van der Waals surface area contributed by atoms with Gasteiger partial charge in [0.15, 0.2) is 5.76 Å². The van der Waals surface area contributed by atoms with Gasteiger partial charge in [0.05, 0.1) is 24.1 Å². The molecule has 9 heteroatoms. The number of ether oxygens (including phenoxy) is 1. The van der Waals surface area contributed by atoms with Gasteiger partial charge in [-0.3, -0.25) is 4.79 Å². The quantitative estimate of drug-likeness (QED) is 0.440. The van der Waals surface area contributed by atoms with Gasteiger partial charge in [0.2, 0.25) is 5.89 Å². The summed E-state index contributed by atoms with van der Waals surface area (Å²) in [5.41, 5.74) is 0.554. The molecule has 0 saturated heterocycles. The lowest BCUT2D eigenvalue weighted by Crippen LogP contribution is -2.15. The predicted octanol–water partition coefficient (Wildman–Crippen LogP) is 5.44. The van der Waals surface area contributed by atoms with Crippen molar-refractivity contribution in [2.45, 2.75) is 6.92 Å². The highest BCUT2D eigenvalue weighted by atomic mass is 35.5. The Labute approximate surface area is 175 Å². The Kier molecular flexibility index (Phi) is 5.49. The average molecular weight is 428 g/mol. The molecule has 0 unspecified atom stereocenters. The standard InChI is InChI=1S/C21H15ClFN3O4/c1-2-28-17-8-6-13(22)11-14(17)19(27)24-16-10-12(5-7-15(16)23)20-25-26-21(30-20)18-4-3-9-29-18/h3-11H,2H2,1H3,(H,24,27). The molecule has 152 valence electrons. The molecule has 0 bridgehead atoms. The normalized spacial score (nSPS) is 10.8. The van der Waals surface area contributed by atoms with Crippen molar-refractivity contribution in [3.63, 3.8) is 0 Å². The number of halogens is 2. The summed E-state index contributed by atoms with van der Waals surface area (Å²) in [4.78, 5) is 12.7. The molecule has 0 radical (unpaired) electrons. The lowest BCUT2D eigenvalue weighted by Gasteiger charge is -2.12. The summed E-state index contributed by atoms with van der Waals surface area (Å²) in [5, 5.41) is 10.8. The van der Waals surface area contributed by atoms with Crippen LogP contribution in [0.2, 0.25) is 5.02 Å². The van der Waals surface area contributed by atoms with Crippen LogP contribution in [0.5, 0.6) is 5.75 Å². The number of benzene rings is 2. The van der Waals surface area contributed by atoms with E-state index in [-0.39, 0.29) is 23.0 Å². The predicted molar refractivity (Wildman–Crippen MR) is 108 cm³/mol. The first-order valence-electron chi connectivity index (χ1n) is 8.96. The molecule has 0 aliphatic rings. The van der Waals surface area contributed by atoms with Crippen molar-refractivity contribution in [3.05, 3.63) is 71.2 Å². The minimum absolute atomic E-state index is 0.0577. The van der Waals surface area contributed by atoms with Crippen LogP contribution in [0.4, 0.5) is 10.1 Å². The molecular weight excluding hydrogens is 413 g/mol. The van der Waals surface area contributed by atoms with Crippen LogP contribution >= 0.6 is 11.6 Å². The second kappa shape index (κ2) is 8.38. The van der Waals surface area contributed by atoms with Crippen molar-refractivity contribution in [2.75, 3.05) is 11.9 Å². The van der Waals surface area contributed by atoms with Gasteiger partial charge >= 0.3 is 0 Å². The van der Waals surface area contributed by atoms with Crippen molar-refractivity contribution < 1.29 is 22.8 Å². The van der Waals surface area contributed by atoms with E-state index in [1.54, 1.807) is 31.2 Å². The van der Waals surface area contributed by atoms with Crippen molar-refractivity contribution in [1.29, 1.82) is 0 Å². The fraction of sp³-hybridized carbons (Fsp3) is 0.0952. The molecule has 4 rings (SSSR count). The molecule has 0 atom stereocenters. The van der Waals surface area contributed by atoms with Gasteiger partial charge in [-0.05, 0) is 55.5 Å². The molecule has 2 aromatic heterocycles. The molecule has 7 nitrogen and oxygen atoms in total. The summed E-state index contributed by atoms with van der Waals surface area (Å²) in [6, 6.07) is 12.1. The number of nitrogens with one attached hydrogen (secondary N) is 1. The van der Waals surface area contributed by atoms with Crippen LogP contribution in [0.1, 0.15) is 17.3 Å². The van der Waals surface area contributed by atoms with E-state index in [0.29, 0.717) is 28.7 Å². The summed E-state index contributed by atoms with van der Waals surface area (Å²) in [7, 11) is 0. The zero-order valence-corrected chi connectivity index (χ0v) is 16.4. The van der Waals surface area contributed by atoms with Gasteiger partial charge in [0.25, 0.3) is 11.8 Å². The first-order chi connectivity index (χ1) is 14.5.